The molecule has 0 aromatic heterocycles. The Labute approximate surface area is 72.1 Å². The Morgan fingerprint density at radius 2 is 1.92 bits per heavy atom. The molecule has 0 aliphatic carbocycles. The molecule has 12 heavy (non-hydrogen) atoms. The van der Waals surface area contributed by atoms with E-state index in [2.05, 4.69) is 0 Å². The van der Waals surface area contributed by atoms with Gasteiger partial charge in [0.25, 0.3) is 0 Å². The first-order valence-electron chi connectivity index (χ1n) is 3.73. The second kappa shape index (κ2) is 4.34. The van der Waals surface area contributed by atoms with Crippen molar-refractivity contribution in [1.29, 1.82) is 0 Å². The normalized spacial score (nSPS) is 10.1. The van der Waals surface area contributed by atoms with Crippen LogP contribution < -0.4 is 0 Å². The van der Waals surface area contributed by atoms with Crippen molar-refractivity contribution in [2.24, 2.45) is 0 Å². The molecule has 2 heteroatoms. The highest BCUT2D eigenvalue weighted by molar-refractivity contribution is 5.55. The van der Waals surface area contributed by atoms with Crippen LogP contribution >= 0.6 is 0 Å². The largest absolute Gasteiger partial charge is 0.325 e. The van der Waals surface area contributed by atoms with Gasteiger partial charge in [-0.05, 0) is 11.6 Å². The number of carbonyl (C=O) groups excluding carboxylic acids is 1. The number of hydrogen-bond acceptors (Lipinski definition) is 1. The minimum atomic E-state index is 0.763. The SMILES string of the molecule is CN(C=O)/C=C/c1ccccc1. The first-order chi connectivity index (χ1) is 5.83. The first-order valence-corrected chi connectivity index (χ1v) is 3.73. The Morgan fingerprint density at radius 3 is 2.50 bits per heavy atom. The number of nitrogens with zero attached hydrogens (tertiary/aromatic N) is 1. The van der Waals surface area contributed by atoms with Gasteiger partial charge in [-0.15, -0.1) is 0 Å². The summed E-state index contributed by atoms with van der Waals surface area (Å²) in [4.78, 5) is 11.7. The number of amides is 1. The van der Waals surface area contributed by atoms with Crippen LogP contribution in [0.2, 0.25) is 0 Å². The highest BCUT2D eigenvalue weighted by atomic mass is 16.1. The third kappa shape index (κ3) is 2.58. The summed E-state index contributed by atoms with van der Waals surface area (Å²) in [5.74, 6) is 0. The van der Waals surface area contributed by atoms with Gasteiger partial charge in [0.2, 0.25) is 6.41 Å². The summed E-state index contributed by atoms with van der Waals surface area (Å²) in [5.41, 5.74) is 1.09. The molecule has 1 amide bonds. The quantitative estimate of drug-likeness (QED) is 0.618. The van der Waals surface area contributed by atoms with E-state index < -0.39 is 0 Å². The van der Waals surface area contributed by atoms with E-state index in [4.69, 9.17) is 0 Å². The van der Waals surface area contributed by atoms with Crippen LogP contribution in [-0.2, 0) is 4.79 Å². The lowest BCUT2D eigenvalue weighted by molar-refractivity contribution is -0.114. The van der Waals surface area contributed by atoms with E-state index in [1.165, 1.54) is 4.90 Å². The fourth-order valence-corrected chi connectivity index (χ4v) is 0.803. The second-order valence-electron chi connectivity index (χ2n) is 2.50. The molecule has 0 saturated heterocycles. The fourth-order valence-electron chi connectivity index (χ4n) is 0.803. The van der Waals surface area contributed by atoms with Crippen molar-refractivity contribution in [2.45, 2.75) is 0 Å². The molecule has 1 aromatic rings. The minimum Gasteiger partial charge on any atom is -0.325 e. The third-order valence-corrected chi connectivity index (χ3v) is 1.47. The molecule has 62 valence electrons. The van der Waals surface area contributed by atoms with Gasteiger partial charge < -0.3 is 4.90 Å². The Morgan fingerprint density at radius 1 is 1.25 bits per heavy atom. The highest BCUT2D eigenvalue weighted by Gasteiger charge is 1.84. The summed E-state index contributed by atoms with van der Waals surface area (Å²) in [6.07, 6.45) is 4.37. The van der Waals surface area contributed by atoms with Crippen molar-refractivity contribution in [3.8, 4) is 0 Å². The van der Waals surface area contributed by atoms with E-state index in [1.54, 1.807) is 13.2 Å². The van der Waals surface area contributed by atoms with E-state index in [-0.39, 0.29) is 0 Å². The summed E-state index contributed by atoms with van der Waals surface area (Å²) >= 11 is 0. The zero-order valence-corrected chi connectivity index (χ0v) is 6.97. The van der Waals surface area contributed by atoms with Gasteiger partial charge in [-0.3, -0.25) is 4.79 Å². The predicted octanol–water partition coefficient (Wildman–Crippen LogP) is 1.75. The smallest absolute Gasteiger partial charge is 0.213 e. The molecule has 0 fully saturated rings. The van der Waals surface area contributed by atoms with Gasteiger partial charge in [0.15, 0.2) is 0 Å². The zero-order valence-electron chi connectivity index (χ0n) is 6.97. The van der Waals surface area contributed by atoms with Crippen LogP contribution in [0, 0.1) is 0 Å². The van der Waals surface area contributed by atoms with Crippen molar-refractivity contribution >= 4 is 12.5 Å². The summed E-state index contributed by atoms with van der Waals surface area (Å²) in [6.45, 7) is 0. The standard InChI is InChI=1S/C10H11NO/c1-11(9-12)8-7-10-5-3-2-4-6-10/h2-9H,1H3/b8-7+. The summed E-state index contributed by atoms with van der Waals surface area (Å²) in [5, 5.41) is 0. The molecular weight excluding hydrogens is 150 g/mol. The Kier molecular flexibility index (Phi) is 3.08. The summed E-state index contributed by atoms with van der Waals surface area (Å²) in [7, 11) is 1.70. The number of carbonyl (C=O) groups is 1. The number of hydrogen-bond donors (Lipinski definition) is 0. The van der Waals surface area contributed by atoms with Crippen LogP contribution in [0.5, 0.6) is 0 Å². The summed E-state index contributed by atoms with van der Waals surface area (Å²) in [6, 6.07) is 9.84. The number of rotatable bonds is 3. The molecular formula is C10H11NO. The number of benzene rings is 1. The molecule has 0 spiro atoms. The topological polar surface area (TPSA) is 20.3 Å². The van der Waals surface area contributed by atoms with Gasteiger partial charge in [-0.2, -0.15) is 0 Å². The highest BCUT2D eigenvalue weighted by Crippen LogP contribution is 2.00. The molecule has 2 nitrogen and oxygen atoms in total. The van der Waals surface area contributed by atoms with Crippen LogP contribution in [-0.4, -0.2) is 18.4 Å². The Bertz CT molecular complexity index is 266. The van der Waals surface area contributed by atoms with E-state index in [0.29, 0.717) is 0 Å². The van der Waals surface area contributed by atoms with Crippen LogP contribution in [0.15, 0.2) is 36.5 Å². The maximum atomic E-state index is 10.2. The predicted molar refractivity (Wildman–Crippen MR) is 49.3 cm³/mol. The maximum Gasteiger partial charge on any atom is 0.213 e. The van der Waals surface area contributed by atoms with Gasteiger partial charge in [-0.1, -0.05) is 30.3 Å². The molecule has 0 N–H and O–H groups in total. The first kappa shape index (κ1) is 8.53. The van der Waals surface area contributed by atoms with Crippen molar-refractivity contribution in [3.63, 3.8) is 0 Å². The molecule has 0 heterocycles. The molecule has 1 aromatic carbocycles. The lowest BCUT2D eigenvalue weighted by Gasteiger charge is -2.00. The second-order valence-corrected chi connectivity index (χ2v) is 2.50. The molecule has 0 radical (unpaired) electrons. The fraction of sp³-hybridized carbons (Fsp3) is 0.100. The van der Waals surface area contributed by atoms with Gasteiger partial charge in [0.05, 0.1) is 0 Å². The van der Waals surface area contributed by atoms with Crippen molar-refractivity contribution in [3.05, 3.63) is 42.1 Å². The zero-order chi connectivity index (χ0) is 8.81. The van der Waals surface area contributed by atoms with Crippen molar-refractivity contribution in [1.82, 2.24) is 4.90 Å². The van der Waals surface area contributed by atoms with Crippen molar-refractivity contribution < 1.29 is 4.79 Å². The van der Waals surface area contributed by atoms with E-state index >= 15 is 0 Å². The lowest BCUT2D eigenvalue weighted by Crippen LogP contribution is -2.05. The molecule has 0 bridgehead atoms. The van der Waals surface area contributed by atoms with Gasteiger partial charge >= 0.3 is 0 Å². The Hall–Kier alpha value is -1.57. The van der Waals surface area contributed by atoms with Crippen LogP contribution in [0.1, 0.15) is 5.56 Å². The molecule has 0 aliphatic rings. The Balaban J connectivity index is 2.63. The molecule has 0 unspecified atom stereocenters. The average Bonchev–Trinajstić information content (AvgIpc) is 2.16. The van der Waals surface area contributed by atoms with Crippen LogP contribution in [0.25, 0.3) is 6.08 Å². The van der Waals surface area contributed by atoms with Gasteiger partial charge in [-0.25, -0.2) is 0 Å². The van der Waals surface area contributed by atoms with E-state index in [0.717, 1.165) is 12.0 Å². The maximum absolute atomic E-state index is 10.2. The third-order valence-electron chi connectivity index (χ3n) is 1.47. The monoisotopic (exact) mass is 161 g/mol. The minimum absolute atomic E-state index is 0.763. The van der Waals surface area contributed by atoms with E-state index in [9.17, 15) is 4.79 Å². The lowest BCUT2D eigenvalue weighted by atomic mass is 10.2. The van der Waals surface area contributed by atoms with Crippen LogP contribution in [0.3, 0.4) is 0 Å². The van der Waals surface area contributed by atoms with Crippen LogP contribution in [0.4, 0.5) is 0 Å². The summed E-state index contributed by atoms with van der Waals surface area (Å²) < 4.78 is 0. The molecule has 0 atom stereocenters. The molecule has 1 rings (SSSR count). The van der Waals surface area contributed by atoms with E-state index in [1.807, 2.05) is 36.4 Å². The van der Waals surface area contributed by atoms with Gasteiger partial charge in [0.1, 0.15) is 0 Å². The van der Waals surface area contributed by atoms with Crippen molar-refractivity contribution in [2.75, 3.05) is 7.05 Å². The average molecular weight is 161 g/mol. The molecule has 0 aliphatic heterocycles. The molecule has 0 saturated carbocycles. The van der Waals surface area contributed by atoms with Gasteiger partial charge in [0, 0.05) is 13.2 Å².